The molecule has 0 aliphatic carbocycles. The maximum absolute atomic E-state index is 4.69. The predicted molar refractivity (Wildman–Crippen MR) is 85.7 cm³/mol. The van der Waals surface area contributed by atoms with Gasteiger partial charge in [0.1, 0.15) is 0 Å². The van der Waals surface area contributed by atoms with Crippen molar-refractivity contribution in [2.75, 3.05) is 0 Å². The number of aromatic nitrogens is 4. The van der Waals surface area contributed by atoms with Crippen molar-refractivity contribution < 1.29 is 0 Å². The molecule has 2 heterocycles. The average Bonchev–Trinajstić information content (AvgIpc) is 2.90. The quantitative estimate of drug-likeness (QED) is 0.941. The second-order valence-corrected chi connectivity index (χ2v) is 6.95. The summed E-state index contributed by atoms with van der Waals surface area (Å²) in [5, 5.41) is 12.8. The first kappa shape index (κ1) is 15.8. The highest BCUT2D eigenvalue weighted by atomic mass is 15.4. The van der Waals surface area contributed by atoms with Crippen molar-refractivity contribution in [1.29, 1.82) is 0 Å². The Morgan fingerprint density at radius 1 is 1.24 bits per heavy atom. The Morgan fingerprint density at radius 2 is 1.90 bits per heavy atom. The highest BCUT2D eigenvalue weighted by molar-refractivity contribution is 5.37. The Balaban J connectivity index is 2.38. The van der Waals surface area contributed by atoms with Gasteiger partial charge in [-0.05, 0) is 39.7 Å². The lowest BCUT2D eigenvalue weighted by atomic mass is 10.1. The number of hydrogen-bond donors (Lipinski definition) is 1. The van der Waals surface area contributed by atoms with E-state index in [-0.39, 0.29) is 5.54 Å². The van der Waals surface area contributed by atoms with Crippen LogP contribution in [0.5, 0.6) is 0 Å². The van der Waals surface area contributed by atoms with E-state index in [0.717, 1.165) is 23.8 Å². The van der Waals surface area contributed by atoms with Gasteiger partial charge in [0.05, 0.1) is 11.4 Å². The maximum atomic E-state index is 4.69. The van der Waals surface area contributed by atoms with E-state index in [9.17, 15) is 0 Å². The summed E-state index contributed by atoms with van der Waals surface area (Å²) in [6.45, 7) is 13.7. The van der Waals surface area contributed by atoms with Gasteiger partial charge in [0.25, 0.3) is 0 Å². The molecule has 116 valence electrons. The summed E-state index contributed by atoms with van der Waals surface area (Å²) in [4.78, 5) is 0. The molecule has 0 radical (unpaired) electrons. The Kier molecular flexibility index (Phi) is 4.23. The van der Waals surface area contributed by atoms with Gasteiger partial charge >= 0.3 is 0 Å². The molecule has 0 fully saturated rings. The molecule has 2 aromatic rings. The maximum Gasteiger partial charge on any atom is 0.156 e. The summed E-state index contributed by atoms with van der Waals surface area (Å²) in [5.74, 6) is 1.47. The number of nitrogens with zero attached hydrogens (tertiary/aromatic N) is 4. The monoisotopic (exact) mass is 289 g/mol. The number of aryl methyl sites for hydroxylation is 2. The molecule has 0 saturated heterocycles. The lowest BCUT2D eigenvalue weighted by Gasteiger charge is -2.20. The average molecular weight is 289 g/mol. The summed E-state index contributed by atoms with van der Waals surface area (Å²) < 4.78 is 3.85. The highest BCUT2D eigenvalue weighted by Gasteiger charge is 2.18. The molecule has 2 rings (SSSR count). The first-order chi connectivity index (χ1) is 9.69. The fourth-order valence-corrected chi connectivity index (χ4v) is 2.30. The minimum absolute atomic E-state index is 0.0762. The van der Waals surface area contributed by atoms with Crippen LogP contribution in [0, 0.1) is 6.92 Å². The van der Waals surface area contributed by atoms with Gasteiger partial charge in [-0.15, -0.1) is 0 Å². The number of nitrogens with one attached hydrogen (secondary N) is 1. The molecular weight excluding hydrogens is 262 g/mol. The second-order valence-electron chi connectivity index (χ2n) is 6.95. The van der Waals surface area contributed by atoms with Gasteiger partial charge in [0.2, 0.25) is 0 Å². The van der Waals surface area contributed by atoms with E-state index in [1.54, 1.807) is 0 Å². The highest BCUT2D eigenvalue weighted by Crippen LogP contribution is 2.20. The third-order valence-corrected chi connectivity index (χ3v) is 3.53. The van der Waals surface area contributed by atoms with Crippen molar-refractivity contribution in [1.82, 2.24) is 24.9 Å². The first-order valence-electron chi connectivity index (χ1n) is 7.52. The molecule has 1 N–H and O–H groups in total. The summed E-state index contributed by atoms with van der Waals surface area (Å²) in [5.41, 5.74) is 3.42. The van der Waals surface area contributed by atoms with Crippen molar-refractivity contribution in [2.45, 2.75) is 59.5 Å². The Labute approximate surface area is 127 Å². The molecule has 0 aliphatic heterocycles. The molecule has 0 bridgehead atoms. The van der Waals surface area contributed by atoms with E-state index >= 15 is 0 Å². The van der Waals surface area contributed by atoms with Crippen LogP contribution in [0.3, 0.4) is 0 Å². The van der Waals surface area contributed by atoms with Crippen LogP contribution in [0.25, 0.3) is 5.82 Å². The summed E-state index contributed by atoms with van der Waals surface area (Å²) in [6, 6.07) is 2.08. The van der Waals surface area contributed by atoms with Gasteiger partial charge in [-0.3, -0.25) is 4.68 Å². The normalized spacial score (nSPS) is 12.4. The summed E-state index contributed by atoms with van der Waals surface area (Å²) in [7, 11) is 1.97. The van der Waals surface area contributed by atoms with Crippen molar-refractivity contribution in [3.05, 3.63) is 29.2 Å². The van der Waals surface area contributed by atoms with Gasteiger partial charge in [-0.1, -0.05) is 13.8 Å². The third-order valence-electron chi connectivity index (χ3n) is 3.53. The van der Waals surface area contributed by atoms with E-state index in [4.69, 9.17) is 0 Å². The van der Waals surface area contributed by atoms with E-state index in [2.05, 4.69) is 63.1 Å². The van der Waals surface area contributed by atoms with Crippen LogP contribution in [0.15, 0.2) is 12.3 Å². The van der Waals surface area contributed by atoms with Crippen LogP contribution < -0.4 is 5.32 Å². The standard InChI is InChI=1S/C16H27N5/c1-11(2)14-8-9-21(19-14)15-13(10-17-16(4,5)6)12(3)18-20(15)7/h8-9,11,17H,10H2,1-7H3. The van der Waals surface area contributed by atoms with Crippen LogP contribution in [0.2, 0.25) is 0 Å². The lowest BCUT2D eigenvalue weighted by molar-refractivity contribution is 0.423. The minimum Gasteiger partial charge on any atom is -0.308 e. The Morgan fingerprint density at radius 3 is 2.43 bits per heavy atom. The molecule has 5 heteroatoms. The predicted octanol–water partition coefficient (Wildman–Crippen LogP) is 2.93. The van der Waals surface area contributed by atoms with E-state index in [1.165, 1.54) is 5.56 Å². The van der Waals surface area contributed by atoms with Crippen LogP contribution in [-0.2, 0) is 13.6 Å². The molecule has 2 aromatic heterocycles. The van der Waals surface area contributed by atoms with Crippen LogP contribution in [-0.4, -0.2) is 25.1 Å². The molecule has 0 aromatic carbocycles. The SMILES string of the molecule is Cc1nn(C)c(-n2ccc(C(C)C)n2)c1CNC(C)(C)C. The topological polar surface area (TPSA) is 47.7 Å². The minimum atomic E-state index is 0.0762. The number of hydrogen-bond acceptors (Lipinski definition) is 3. The zero-order chi connectivity index (χ0) is 15.8. The zero-order valence-corrected chi connectivity index (χ0v) is 14.2. The van der Waals surface area contributed by atoms with Crippen molar-refractivity contribution >= 4 is 0 Å². The molecule has 21 heavy (non-hydrogen) atoms. The fourth-order valence-electron chi connectivity index (χ4n) is 2.30. The van der Waals surface area contributed by atoms with E-state index in [1.807, 2.05) is 22.6 Å². The van der Waals surface area contributed by atoms with Crippen LogP contribution in [0.4, 0.5) is 0 Å². The zero-order valence-electron chi connectivity index (χ0n) is 14.2. The lowest BCUT2D eigenvalue weighted by Crippen LogP contribution is -2.35. The van der Waals surface area contributed by atoms with Gasteiger partial charge in [-0.2, -0.15) is 10.2 Å². The summed E-state index contributed by atoms with van der Waals surface area (Å²) in [6.07, 6.45) is 2.02. The number of rotatable bonds is 4. The Hall–Kier alpha value is -1.62. The molecule has 5 nitrogen and oxygen atoms in total. The van der Waals surface area contributed by atoms with Crippen molar-refractivity contribution in [2.24, 2.45) is 7.05 Å². The van der Waals surface area contributed by atoms with Gasteiger partial charge in [0.15, 0.2) is 5.82 Å². The second kappa shape index (κ2) is 5.64. The van der Waals surface area contributed by atoms with Gasteiger partial charge < -0.3 is 5.32 Å². The van der Waals surface area contributed by atoms with E-state index < -0.39 is 0 Å². The molecule has 0 spiro atoms. The van der Waals surface area contributed by atoms with Crippen LogP contribution >= 0.6 is 0 Å². The molecule has 0 amide bonds. The molecule has 0 atom stereocenters. The third kappa shape index (κ3) is 3.53. The van der Waals surface area contributed by atoms with Crippen molar-refractivity contribution in [3.63, 3.8) is 0 Å². The van der Waals surface area contributed by atoms with Gasteiger partial charge in [0, 0.05) is 30.9 Å². The summed E-state index contributed by atoms with van der Waals surface area (Å²) >= 11 is 0. The first-order valence-corrected chi connectivity index (χ1v) is 7.52. The smallest absolute Gasteiger partial charge is 0.156 e. The van der Waals surface area contributed by atoms with Gasteiger partial charge in [-0.25, -0.2) is 4.68 Å². The largest absolute Gasteiger partial charge is 0.308 e. The van der Waals surface area contributed by atoms with Crippen molar-refractivity contribution in [3.8, 4) is 5.82 Å². The van der Waals surface area contributed by atoms with Crippen LogP contribution in [0.1, 0.15) is 57.5 Å². The molecular formula is C16H27N5. The molecule has 0 aliphatic rings. The fraction of sp³-hybridized carbons (Fsp3) is 0.625. The molecule has 0 saturated carbocycles. The van der Waals surface area contributed by atoms with E-state index in [0.29, 0.717) is 5.92 Å². The Bertz CT molecular complexity index is 613. The molecule has 0 unspecified atom stereocenters.